The number of rotatable bonds is 7. The maximum Gasteiger partial charge on any atom is 0.323 e. The lowest BCUT2D eigenvalue weighted by atomic mass is 9.99. The van der Waals surface area contributed by atoms with Crippen LogP contribution in [0.15, 0.2) is 18.2 Å². The Labute approximate surface area is 119 Å². The van der Waals surface area contributed by atoms with E-state index in [-0.39, 0.29) is 25.4 Å². The zero-order valence-corrected chi connectivity index (χ0v) is 12.2. The second-order valence-corrected chi connectivity index (χ2v) is 4.75. The van der Waals surface area contributed by atoms with Crippen molar-refractivity contribution in [2.75, 3.05) is 26.8 Å². The fraction of sp³-hybridized carbons (Fsp3) is 0.467. The van der Waals surface area contributed by atoms with E-state index in [9.17, 15) is 9.59 Å². The molecule has 0 bridgehead atoms. The van der Waals surface area contributed by atoms with Crippen molar-refractivity contribution in [3.8, 4) is 0 Å². The number of benzene rings is 1. The largest absolute Gasteiger partial charge is 0.480 e. The molecule has 0 saturated carbocycles. The molecule has 1 amide bonds. The van der Waals surface area contributed by atoms with Gasteiger partial charge in [0.15, 0.2) is 0 Å². The quantitative estimate of drug-likeness (QED) is 0.819. The van der Waals surface area contributed by atoms with E-state index in [0.717, 1.165) is 16.7 Å². The highest BCUT2D eigenvalue weighted by molar-refractivity contribution is 5.83. The zero-order valence-electron chi connectivity index (χ0n) is 12.2. The van der Waals surface area contributed by atoms with E-state index in [1.165, 1.54) is 12.0 Å². The molecule has 5 heteroatoms. The molecule has 0 saturated heterocycles. The lowest BCUT2D eigenvalue weighted by Gasteiger charge is -2.21. The molecule has 0 aliphatic rings. The van der Waals surface area contributed by atoms with E-state index in [2.05, 4.69) is 0 Å². The van der Waals surface area contributed by atoms with E-state index in [0.29, 0.717) is 6.61 Å². The van der Waals surface area contributed by atoms with E-state index in [4.69, 9.17) is 9.84 Å². The molecular formula is C15H21NO4. The summed E-state index contributed by atoms with van der Waals surface area (Å²) in [5, 5.41) is 8.87. The van der Waals surface area contributed by atoms with Crippen molar-refractivity contribution < 1.29 is 19.4 Å². The summed E-state index contributed by atoms with van der Waals surface area (Å²) in [5.41, 5.74) is 3.05. The van der Waals surface area contributed by atoms with Crippen LogP contribution in [0.1, 0.15) is 16.7 Å². The number of carbonyl (C=O) groups excluding carboxylic acids is 1. The van der Waals surface area contributed by atoms with Crippen LogP contribution in [-0.4, -0.2) is 48.7 Å². The summed E-state index contributed by atoms with van der Waals surface area (Å²) in [4.78, 5) is 24.4. The van der Waals surface area contributed by atoms with Gasteiger partial charge in [0.2, 0.25) is 5.91 Å². The fourth-order valence-corrected chi connectivity index (χ4v) is 2.05. The SMILES string of the molecule is COCCN(CC(=O)O)C(=O)Cc1c(C)cccc1C. The molecule has 20 heavy (non-hydrogen) atoms. The number of carbonyl (C=O) groups is 2. The van der Waals surface area contributed by atoms with Gasteiger partial charge in [-0.3, -0.25) is 9.59 Å². The Morgan fingerprint density at radius 2 is 1.85 bits per heavy atom. The number of aryl methyl sites for hydroxylation is 2. The lowest BCUT2D eigenvalue weighted by molar-refractivity contribution is -0.144. The first-order valence-electron chi connectivity index (χ1n) is 6.49. The van der Waals surface area contributed by atoms with Crippen LogP contribution in [0.5, 0.6) is 0 Å². The third kappa shape index (κ3) is 4.66. The number of carboxylic acids is 1. The molecule has 0 heterocycles. The van der Waals surface area contributed by atoms with Crippen molar-refractivity contribution in [1.29, 1.82) is 0 Å². The molecule has 0 unspecified atom stereocenters. The fourth-order valence-electron chi connectivity index (χ4n) is 2.05. The van der Waals surface area contributed by atoms with Gasteiger partial charge in [-0.15, -0.1) is 0 Å². The van der Waals surface area contributed by atoms with Crippen LogP contribution in [0.25, 0.3) is 0 Å². The third-order valence-electron chi connectivity index (χ3n) is 3.22. The Hall–Kier alpha value is -1.88. The molecule has 1 aromatic carbocycles. The van der Waals surface area contributed by atoms with Crippen LogP contribution in [0.2, 0.25) is 0 Å². The average molecular weight is 279 g/mol. The normalized spacial score (nSPS) is 10.3. The number of carboxylic acid groups (broad SMARTS) is 1. The minimum Gasteiger partial charge on any atom is -0.480 e. The number of nitrogens with zero attached hydrogens (tertiary/aromatic N) is 1. The van der Waals surface area contributed by atoms with Crippen molar-refractivity contribution in [2.24, 2.45) is 0 Å². The second-order valence-electron chi connectivity index (χ2n) is 4.75. The highest BCUT2D eigenvalue weighted by atomic mass is 16.5. The maximum absolute atomic E-state index is 12.3. The van der Waals surface area contributed by atoms with Crippen molar-refractivity contribution in [2.45, 2.75) is 20.3 Å². The number of aliphatic carboxylic acids is 1. The molecule has 0 spiro atoms. The van der Waals surface area contributed by atoms with Crippen molar-refractivity contribution >= 4 is 11.9 Å². The van der Waals surface area contributed by atoms with Gasteiger partial charge in [0, 0.05) is 13.7 Å². The lowest BCUT2D eigenvalue weighted by Crippen LogP contribution is -2.39. The zero-order chi connectivity index (χ0) is 15.1. The minimum atomic E-state index is -1.02. The molecule has 0 fully saturated rings. The predicted octanol–water partition coefficient (Wildman–Crippen LogP) is 1.41. The molecule has 5 nitrogen and oxygen atoms in total. The number of amides is 1. The van der Waals surface area contributed by atoms with Gasteiger partial charge in [-0.05, 0) is 30.5 Å². The summed E-state index contributed by atoms with van der Waals surface area (Å²) in [6.07, 6.45) is 0.218. The Morgan fingerprint density at radius 3 is 2.35 bits per heavy atom. The maximum atomic E-state index is 12.3. The van der Waals surface area contributed by atoms with Crippen LogP contribution < -0.4 is 0 Å². The van der Waals surface area contributed by atoms with Gasteiger partial charge in [-0.1, -0.05) is 18.2 Å². The number of methoxy groups -OCH3 is 1. The molecule has 0 aliphatic carbocycles. The predicted molar refractivity (Wildman–Crippen MR) is 75.7 cm³/mol. The monoisotopic (exact) mass is 279 g/mol. The first kappa shape index (κ1) is 16.2. The van der Waals surface area contributed by atoms with Gasteiger partial charge in [0.05, 0.1) is 13.0 Å². The summed E-state index contributed by atoms with van der Waals surface area (Å²) in [6.45, 7) is 4.21. The van der Waals surface area contributed by atoms with Crippen LogP contribution in [0.3, 0.4) is 0 Å². The Morgan fingerprint density at radius 1 is 1.25 bits per heavy atom. The molecule has 0 aliphatic heterocycles. The van der Waals surface area contributed by atoms with Gasteiger partial charge in [-0.25, -0.2) is 0 Å². The van der Waals surface area contributed by atoms with E-state index >= 15 is 0 Å². The summed E-state index contributed by atoms with van der Waals surface area (Å²) < 4.78 is 4.91. The molecule has 1 aromatic rings. The molecule has 110 valence electrons. The summed E-state index contributed by atoms with van der Waals surface area (Å²) in [5.74, 6) is -1.21. The Bertz CT molecular complexity index is 465. The van der Waals surface area contributed by atoms with Gasteiger partial charge in [0.25, 0.3) is 0 Å². The van der Waals surface area contributed by atoms with Gasteiger partial charge < -0.3 is 14.7 Å². The van der Waals surface area contributed by atoms with E-state index in [1.807, 2.05) is 32.0 Å². The highest BCUT2D eigenvalue weighted by Gasteiger charge is 2.18. The van der Waals surface area contributed by atoms with Crippen LogP contribution in [0, 0.1) is 13.8 Å². The topological polar surface area (TPSA) is 66.8 Å². The molecular weight excluding hydrogens is 258 g/mol. The highest BCUT2D eigenvalue weighted by Crippen LogP contribution is 2.15. The summed E-state index contributed by atoms with van der Waals surface area (Å²) in [7, 11) is 1.52. The first-order valence-corrected chi connectivity index (χ1v) is 6.49. The van der Waals surface area contributed by atoms with Crippen molar-refractivity contribution in [3.63, 3.8) is 0 Å². The van der Waals surface area contributed by atoms with Crippen LogP contribution in [-0.2, 0) is 20.7 Å². The Balaban J connectivity index is 2.81. The second kappa shape index (κ2) is 7.65. The van der Waals surface area contributed by atoms with E-state index < -0.39 is 5.97 Å². The average Bonchev–Trinajstić information content (AvgIpc) is 2.38. The summed E-state index contributed by atoms with van der Waals surface area (Å²) >= 11 is 0. The molecule has 1 N–H and O–H groups in total. The minimum absolute atomic E-state index is 0.193. The standard InChI is InChI=1S/C15H21NO4/c1-11-5-4-6-12(2)13(11)9-14(17)16(7-8-20-3)10-15(18)19/h4-6H,7-10H2,1-3H3,(H,18,19). The van der Waals surface area contributed by atoms with Gasteiger partial charge >= 0.3 is 5.97 Å². The van der Waals surface area contributed by atoms with Gasteiger partial charge in [-0.2, -0.15) is 0 Å². The van der Waals surface area contributed by atoms with E-state index in [1.54, 1.807) is 0 Å². The summed E-state index contributed by atoms with van der Waals surface area (Å²) in [6, 6.07) is 5.84. The molecule has 1 rings (SSSR count). The van der Waals surface area contributed by atoms with Crippen molar-refractivity contribution in [1.82, 2.24) is 4.90 Å². The van der Waals surface area contributed by atoms with Crippen LogP contribution in [0.4, 0.5) is 0 Å². The molecule has 0 aromatic heterocycles. The third-order valence-corrected chi connectivity index (χ3v) is 3.22. The van der Waals surface area contributed by atoms with Gasteiger partial charge in [0.1, 0.15) is 6.54 Å². The Kier molecular flexibility index (Phi) is 6.18. The van der Waals surface area contributed by atoms with Crippen molar-refractivity contribution in [3.05, 3.63) is 34.9 Å². The molecule has 0 atom stereocenters. The number of hydrogen-bond acceptors (Lipinski definition) is 3. The number of hydrogen-bond donors (Lipinski definition) is 1. The first-order chi connectivity index (χ1) is 9.45. The number of ether oxygens (including phenoxy) is 1. The molecule has 0 radical (unpaired) electrons. The smallest absolute Gasteiger partial charge is 0.323 e. The van der Waals surface area contributed by atoms with Crippen LogP contribution >= 0.6 is 0 Å².